The highest BCUT2D eigenvalue weighted by Crippen LogP contribution is 2.10. The fourth-order valence-corrected chi connectivity index (χ4v) is 1.87. The molecular weight excluding hydrogens is 224 g/mol. The van der Waals surface area contributed by atoms with Gasteiger partial charge in [-0.3, -0.25) is 4.79 Å². The quantitative estimate of drug-likeness (QED) is 0.836. The van der Waals surface area contributed by atoms with E-state index in [1.807, 2.05) is 13.8 Å². The summed E-state index contributed by atoms with van der Waals surface area (Å²) in [4.78, 5) is 11.7. The van der Waals surface area contributed by atoms with Gasteiger partial charge in [-0.15, -0.1) is 0 Å². The molecule has 1 rings (SSSR count). The van der Waals surface area contributed by atoms with Gasteiger partial charge in [0.05, 0.1) is 6.04 Å². The van der Waals surface area contributed by atoms with Crippen LogP contribution in [0, 0.1) is 19.8 Å². The number of nitrogens with one attached hydrogen (secondary N) is 1. The molecule has 1 aromatic rings. The van der Waals surface area contributed by atoms with Crippen LogP contribution in [0.4, 0.5) is 0 Å². The van der Waals surface area contributed by atoms with Crippen LogP contribution in [0.3, 0.4) is 0 Å². The SMILES string of the molecule is Cc1ccc(CCNC(=O)C(N)C(C)C)c(C)c1. The largest absolute Gasteiger partial charge is 0.354 e. The minimum Gasteiger partial charge on any atom is -0.354 e. The van der Waals surface area contributed by atoms with E-state index in [4.69, 9.17) is 5.73 Å². The van der Waals surface area contributed by atoms with E-state index in [2.05, 4.69) is 37.4 Å². The van der Waals surface area contributed by atoms with Crippen LogP contribution < -0.4 is 11.1 Å². The topological polar surface area (TPSA) is 55.1 Å². The monoisotopic (exact) mass is 248 g/mol. The lowest BCUT2D eigenvalue weighted by atomic mass is 10.0. The second-order valence-electron chi connectivity index (χ2n) is 5.24. The Balaban J connectivity index is 2.44. The molecule has 1 aromatic carbocycles. The Morgan fingerprint density at radius 2 is 2.00 bits per heavy atom. The Kier molecular flexibility index (Phi) is 5.35. The highest BCUT2D eigenvalue weighted by Gasteiger charge is 2.16. The van der Waals surface area contributed by atoms with E-state index in [9.17, 15) is 4.79 Å². The number of aryl methyl sites for hydroxylation is 2. The van der Waals surface area contributed by atoms with Crippen molar-refractivity contribution in [3.8, 4) is 0 Å². The highest BCUT2D eigenvalue weighted by atomic mass is 16.2. The summed E-state index contributed by atoms with van der Waals surface area (Å²) in [5, 5.41) is 2.89. The van der Waals surface area contributed by atoms with Gasteiger partial charge in [0, 0.05) is 6.54 Å². The van der Waals surface area contributed by atoms with Crippen LogP contribution >= 0.6 is 0 Å². The molecule has 0 fully saturated rings. The normalized spacial score (nSPS) is 12.6. The van der Waals surface area contributed by atoms with Gasteiger partial charge in [-0.25, -0.2) is 0 Å². The second-order valence-corrected chi connectivity index (χ2v) is 5.24. The first-order valence-electron chi connectivity index (χ1n) is 6.51. The van der Waals surface area contributed by atoms with Crippen molar-refractivity contribution in [1.29, 1.82) is 0 Å². The molecule has 1 unspecified atom stereocenters. The molecule has 0 aliphatic carbocycles. The van der Waals surface area contributed by atoms with Crippen molar-refractivity contribution >= 4 is 5.91 Å². The molecule has 0 bridgehead atoms. The summed E-state index contributed by atoms with van der Waals surface area (Å²) in [6.07, 6.45) is 0.850. The zero-order chi connectivity index (χ0) is 13.7. The van der Waals surface area contributed by atoms with Crippen LogP contribution in [0.25, 0.3) is 0 Å². The smallest absolute Gasteiger partial charge is 0.237 e. The van der Waals surface area contributed by atoms with Crippen molar-refractivity contribution in [2.24, 2.45) is 11.7 Å². The van der Waals surface area contributed by atoms with Crippen molar-refractivity contribution < 1.29 is 4.79 Å². The van der Waals surface area contributed by atoms with Gasteiger partial charge >= 0.3 is 0 Å². The molecule has 0 saturated carbocycles. The third kappa shape index (κ3) is 4.15. The van der Waals surface area contributed by atoms with Gasteiger partial charge in [-0.2, -0.15) is 0 Å². The summed E-state index contributed by atoms with van der Waals surface area (Å²) < 4.78 is 0. The number of nitrogens with two attached hydrogens (primary N) is 1. The van der Waals surface area contributed by atoms with E-state index in [1.54, 1.807) is 0 Å². The average molecular weight is 248 g/mol. The molecule has 0 radical (unpaired) electrons. The Morgan fingerprint density at radius 3 is 2.56 bits per heavy atom. The van der Waals surface area contributed by atoms with Gasteiger partial charge in [0.2, 0.25) is 5.91 Å². The van der Waals surface area contributed by atoms with Crippen LogP contribution in [0.15, 0.2) is 18.2 Å². The minimum absolute atomic E-state index is 0.0604. The van der Waals surface area contributed by atoms with Crippen molar-refractivity contribution in [2.45, 2.75) is 40.2 Å². The van der Waals surface area contributed by atoms with E-state index in [0.29, 0.717) is 6.54 Å². The summed E-state index contributed by atoms with van der Waals surface area (Å²) in [5.41, 5.74) is 9.60. The average Bonchev–Trinajstić information content (AvgIpc) is 2.30. The fraction of sp³-hybridized carbons (Fsp3) is 0.533. The molecule has 0 saturated heterocycles. The van der Waals surface area contributed by atoms with E-state index in [-0.39, 0.29) is 11.8 Å². The van der Waals surface area contributed by atoms with E-state index < -0.39 is 6.04 Å². The van der Waals surface area contributed by atoms with Crippen molar-refractivity contribution in [3.63, 3.8) is 0 Å². The Bertz CT molecular complexity index is 413. The number of benzene rings is 1. The Labute approximate surface area is 110 Å². The number of hydrogen-bond donors (Lipinski definition) is 2. The predicted molar refractivity (Wildman–Crippen MR) is 75.4 cm³/mol. The second kappa shape index (κ2) is 6.55. The summed E-state index contributed by atoms with van der Waals surface area (Å²) in [7, 11) is 0. The molecule has 1 amide bonds. The molecule has 0 aliphatic rings. The van der Waals surface area contributed by atoms with Gasteiger partial charge in [0.25, 0.3) is 0 Å². The van der Waals surface area contributed by atoms with Crippen LogP contribution in [0.2, 0.25) is 0 Å². The van der Waals surface area contributed by atoms with Gasteiger partial charge < -0.3 is 11.1 Å². The third-order valence-corrected chi connectivity index (χ3v) is 3.21. The van der Waals surface area contributed by atoms with Crippen LogP contribution in [0.5, 0.6) is 0 Å². The molecule has 3 nitrogen and oxygen atoms in total. The molecule has 3 heteroatoms. The van der Waals surface area contributed by atoms with Gasteiger partial charge in [-0.1, -0.05) is 37.6 Å². The Hall–Kier alpha value is -1.35. The van der Waals surface area contributed by atoms with Gasteiger partial charge in [0.15, 0.2) is 0 Å². The lowest BCUT2D eigenvalue weighted by molar-refractivity contribution is -0.123. The van der Waals surface area contributed by atoms with Crippen LogP contribution in [-0.2, 0) is 11.2 Å². The van der Waals surface area contributed by atoms with Crippen molar-refractivity contribution in [3.05, 3.63) is 34.9 Å². The molecule has 3 N–H and O–H groups in total. The first kappa shape index (κ1) is 14.7. The number of rotatable bonds is 5. The molecule has 0 aliphatic heterocycles. The summed E-state index contributed by atoms with van der Waals surface area (Å²) in [6.45, 7) is 8.73. The predicted octanol–water partition coefficient (Wildman–Crippen LogP) is 1.95. The zero-order valence-corrected chi connectivity index (χ0v) is 11.8. The minimum atomic E-state index is -0.413. The standard InChI is InChI=1S/C15H24N2O/c1-10(2)14(16)15(18)17-8-7-13-6-5-11(3)9-12(13)4/h5-6,9-10,14H,7-8,16H2,1-4H3,(H,17,18). The number of amides is 1. The van der Waals surface area contributed by atoms with Crippen LogP contribution in [-0.4, -0.2) is 18.5 Å². The highest BCUT2D eigenvalue weighted by molar-refractivity contribution is 5.81. The zero-order valence-electron chi connectivity index (χ0n) is 11.8. The Morgan fingerprint density at radius 1 is 1.33 bits per heavy atom. The maximum absolute atomic E-state index is 11.7. The molecule has 0 spiro atoms. The van der Waals surface area contributed by atoms with E-state index in [0.717, 1.165) is 6.42 Å². The number of carbonyl (C=O) groups is 1. The number of hydrogen-bond acceptors (Lipinski definition) is 2. The molecule has 100 valence electrons. The fourth-order valence-electron chi connectivity index (χ4n) is 1.87. The maximum atomic E-state index is 11.7. The lowest BCUT2D eigenvalue weighted by Gasteiger charge is -2.15. The van der Waals surface area contributed by atoms with Crippen LogP contribution in [0.1, 0.15) is 30.5 Å². The molecule has 0 heterocycles. The first-order valence-corrected chi connectivity index (χ1v) is 6.51. The molecule has 1 atom stereocenters. The summed E-state index contributed by atoms with van der Waals surface area (Å²) in [6, 6.07) is 5.98. The molecule has 0 aromatic heterocycles. The van der Waals surface area contributed by atoms with Crippen molar-refractivity contribution in [1.82, 2.24) is 5.32 Å². The number of carbonyl (C=O) groups excluding carboxylic acids is 1. The van der Waals surface area contributed by atoms with Crippen molar-refractivity contribution in [2.75, 3.05) is 6.54 Å². The first-order chi connectivity index (χ1) is 8.41. The molecule has 18 heavy (non-hydrogen) atoms. The lowest BCUT2D eigenvalue weighted by Crippen LogP contribution is -2.44. The molecular formula is C15H24N2O. The van der Waals surface area contributed by atoms with Gasteiger partial charge in [0.1, 0.15) is 0 Å². The third-order valence-electron chi connectivity index (χ3n) is 3.21. The van der Waals surface area contributed by atoms with E-state index in [1.165, 1.54) is 16.7 Å². The van der Waals surface area contributed by atoms with E-state index >= 15 is 0 Å². The summed E-state index contributed by atoms with van der Waals surface area (Å²) >= 11 is 0. The van der Waals surface area contributed by atoms with Gasteiger partial charge in [-0.05, 0) is 37.3 Å². The summed E-state index contributed by atoms with van der Waals surface area (Å²) in [5.74, 6) is 0.112. The maximum Gasteiger partial charge on any atom is 0.237 e.